The lowest BCUT2D eigenvalue weighted by Crippen LogP contribution is -2.17. The van der Waals surface area contributed by atoms with Gasteiger partial charge < -0.3 is 4.74 Å². The van der Waals surface area contributed by atoms with Crippen LogP contribution in [-0.2, 0) is 0 Å². The predicted octanol–water partition coefficient (Wildman–Crippen LogP) is 2.88. The molecule has 1 aromatic rings. The molecule has 0 atom stereocenters. The molecule has 0 saturated heterocycles. The molecule has 0 radical (unpaired) electrons. The number of rotatable bonds is 2. The zero-order valence-corrected chi connectivity index (χ0v) is 6.23. The van der Waals surface area contributed by atoms with E-state index >= 15 is 0 Å². The van der Waals surface area contributed by atoms with Crippen LogP contribution >= 0.6 is 0 Å². The molecule has 0 amide bonds. The fourth-order valence-corrected chi connectivity index (χ4v) is 0.758. The van der Waals surface area contributed by atoms with Crippen LogP contribution < -0.4 is 10.3 Å². The van der Waals surface area contributed by atoms with Crippen LogP contribution in [0, 0.1) is 0 Å². The number of anilines is 1. The summed E-state index contributed by atoms with van der Waals surface area (Å²) in [4.78, 5) is 0. The fraction of sp³-hybridized carbons (Fsp3) is 0.143. The molecule has 0 fully saturated rings. The highest BCUT2D eigenvalue weighted by Gasteiger charge is 2.32. The highest BCUT2D eigenvalue weighted by Crippen LogP contribution is 2.29. The van der Waals surface area contributed by atoms with Gasteiger partial charge in [-0.25, -0.2) is 5.54 Å². The molecule has 0 aliphatic heterocycles. The SMILES string of the molecule is FNc1ccccc1OC(F)(F)F. The van der Waals surface area contributed by atoms with E-state index in [1.165, 1.54) is 12.1 Å². The first-order chi connectivity index (χ1) is 6.03. The van der Waals surface area contributed by atoms with Crippen LogP contribution in [-0.4, -0.2) is 6.36 Å². The van der Waals surface area contributed by atoms with Gasteiger partial charge in [-0.1, -0.05) is 12.1 Å². The maximum absolute atomic E-state index is 11.9. The maximum Gasteiger partial charge on any atom is 0.573 e. The molecule has 0 heterocycles. The van der Waals surface area contributed by atoms with E-state index in [4.69, 9.17) is 0 Å². The number of hydrogen-bond donors (Lipinski definition) is 1. The van der Waals surface area contributed by atoms with Crippen molar-refractivity contribution in [2.24, 2.45) is 0 Å². The molecule has 1 N–H and O–H groups in total. The Hall–Kier alpha value is -1.46. The van der Waals surface area contributed by atoms with Crippen molar-refractivity contribution in [2.75, 3.05) is 5.54 Å². The van der Waals surface area contributed by atoms with E-state index in [2.05, 4.69) is 4.74 Å². The number of para-hydroxylation sites is 2. The molecule has 2 nitrogen and oxygen atoms in total. The van der Waals surface area contributed by atoms with Gasteiger partial charge in [-0.3, -0.25) is 0 Å². The zero-order chi connectivity index (χ0) is 9.90. The highest BCUT2D eigenvalue weighted by molar-refractivity contribution is 5.54. The van der Waals surface area contributed by atoms with Gasteiger partial charge in [0.2, 0.25) is 0 Å². The minimum Gasteiger partial charge on any atom is -0.403 e. The molecule has 13 heavy (non-hydrogen) atoms. The number of ether oxygens (including phenoxy) is 1. The third kappa shape index (κ3) is 2.81. The van der Waals surface area contributed by atoms with Crippen LogP contribution in [0.5, 0.6) is 5.75 Å². The summed E-state index contributed by atoms with van der Waals surface area (Å²) in [5.74, 6) is -0.600. The van der Waals surface area contributed by atoms with Gasteiger partial charge in [0.25, 0.3) is 0 Å². The van der Waals surface area contributed by atoms with Gasteiger partial charge >= 0.3 is 6.36 Å². The lowest BCUT2D eigenvalue weighted by molar-refractivity contribution is -0.274. The summed E-state index contributed by atoms with van der Waals surface area (Å²) in [6.45, 7) is 0. The molecule has 0 spiro atoms. The molecule has 0 aliphatic carbocycles. The Kier molecular flexibility index (Phi) is 2.60. The summed E-state index contributed by atoms with van der Waals surface area (Å²) < 4.78 is 50.4. The van der Waals surface area contributed by atoms with Gasteiger partial charge in [0.05, 0.1) is 0 Å². The molecule has 0 aromatic heterocycles. The highest BCUT2D eigenvalue weighted by atomic mass is 19.4. The summed E-state index contributed by atoms with van der Waals surface area (Å²) in [6, 6.07) is 4.82. The Bertz CT molecular complexity index is 286. The van der Waals surface area contributed by atoms with Crippen molar-refractivity contribution >= 4 is 5.69 Å². The van der Waals surface area contributed by atoms with Crippen LogP contribution in [0.3, 0.4) is 0 Å². The normalized spacial score (nSPS) is 11.1. The first kappa shape index (κ1) is 9.63. The van der Waals surface area contributed by atoms with Crippen LogP contribution in [0.15, 0.2) is 24.3 Å². The fourth-order valence-electron chi connectivity index (χ4n) is 0.758. The molecule has 0 aliphatic rings. The smallest absolute Gasteiger partial charge is 0.403 e. The van der Waals surface area contributed by atoms with Crippen molar-refractivity contribution in [1.82, 2.24) is 0 Å². The van der Waals surface area contributed by atoms with Gasteiger partial charge in [-0.05, 0) is 12.1 Å². The number of alkyl halides is 3. The third-order valence-corrected chi connectivity index (χ3v) is 1.21. The van der Waals surface area contributed by atoms with E-state index in [0.717, 1.165) is 17.7 Å². The zero-order valence-electron chi connectivity index (χ0n) is 6.23. The van der Waals surface area contributed by atoms with Gasteiger partial charge in [0, 0.05) is 0 Å². The van der Waals surface area contributed by atoms with Gasteiger partial charge in [-0.2, -0.15) is 0 Å². The summed E-state index contributed by atoms with van der Waals surface area (Å²) >= 11 is 0. The van der Waals surface area contributed by atoms with Gasteiger partial charge in [-0.15, -0.1) is 17.7 Å². The van der Waals surface area contributed by atoms with Crippen molar-refractivity contribution in [2.45, 2.75) is 6.36 Å². The Morgan fingerprint density at radius 1 is 1.15 bits per heavy atom. The van der Waals surface area contributed by atoms with Crippen molar-refractivity contribution in [3.63, 3.8) is 0 Å². The number of halogens is 4. The first-order valence-electron chi connectivity index (χ1n) is 3.24. The monoisotopic (exact) mass is 195 g/mol. The minimum absolute atomic E-state index is 0.361. The number of hydrogen-bond acceptors (Lipinski definition) is 2. The second-order valence-electron chi connectivity index (χ2n) is 2.14. The molecular weight excluding hydrogens is 190 g/mol. The van der Waals surface area contributed by atoms with Crippen LogP contribution in [0.4, 0.5) is 23.3 Å². The van der Waals surface area contributed by atoms with Crippen LogP contribution in [0.2, 0.25) is 0 Å². The summed E-state index contributed by atoms with van der Waals surface area (Å²) in [6.07, 6.45) is -4.81. The Morgan fingerprint density at radius 3 is 2.31 bits per heavy atom. The average molecular weight is 195 g/mol. The molecule has 0 bridgehead atoms. The van der Waals surface area contributed by atoms with E-state index in [1.807, 2.05) is 0 Å². The Morgan fingerprint density at radius 2 is 1.77 bits per heavy atom. The number of benzene rings is 1. The molecule has 1 aromatic carbocycles. The van der Waals surface area contributed by atoms with E-state index in [-0.39, 0.29) is 5.69 Å². The average Bonchev–Trinajstić information content (AvgIpc) is 2.02. The summed E-state index contributed by atoms with van der Waals surface area (Å²) in [5, 5.41) is 0. The number of nitrogens with one attached hydrogen (secondary N) is 1. The van der Waals surface area contributed by atoms with E-state index < -0.39 is 12.1 Å². The predicted molar refractivity (Wildman–Crippen MR) is 37.9 cm³/mol. The second kappa shape index (κ2) is 3.51. The van der Waals surface area contributed by atoms with Crippen molar-refractivity contribution in [1.29, 1.82) is 0 Å². The molecule has 0 saturated carbocycles. The maximum atomic E-state index is 11.9. The largest absolute Gasteiger partial charge is 0.573 e. The Labute approximate surface area is 71.1 Å². The quantitative estimate of drug-likeness (QED) is 0.578. The van der Waals surface area contributed by atoms with E-state index in [1.54, 1.807) is 0 Å². The third-order valence-electron chi connectivity index (χ3n) is 1.21. The van der Waals surface area contributed by atoms with Crippen LogP contribution in [0.25, 0.3) is 0 Å². The standard InChI is InChI=1S/C7H5F4NO/c8-7(9,10)13-6-4-2-1-3-5(6)12-11/h1-4,12H. The van der Waals surface area contributed by atoms with Crippen molar-refractivity contribution < 1.29 is 22.4 Å². The van der Waals surface area contributed by atoms with E-state index in [0.29, 0.717) is 0 Å². The molecule has 1 rings (SSSR count). The summed E-state index contributed by atoms with van der Waals surface area (Å²) in [5.41, 5.74) is 0.732. The van der Waals surface area contributed by atoms with Crippen LogP contribution in [0.1, 0.15) is 0 Å². The van der Waals surface area contributed by atoms with Gasteiger partial charge in [0.15, 0.2) is 5.75 Å². The molecule has 6 heteroatoms. The van der Waals surface area contributed by atoms with Gasteiger partial charge in [0.1, 0.15) is 5.69 Å². The van der Waals surface area contributed by atoms with E-state index in [9.17, 15) is 17.7 Å². The summed E-state index contributed by atoms with van der Waals surface area (Å²) in [7, 11) is 0. The van der Waals surface area contributed by atoms with Crippen molar-refractivity contribution in [3.8, 4) is 5.75 Å². The lowest BCUT2D eigenvalue weighted by Gasteiger charge is -2.10. The Balaban J connectivity index is 2.87. The first-order valence-corrected chi connectivity index (χ1v) is 3.24. The molecular formula is C7H5F4NO. The molecule has 0 unspecified atom stereocenters. The lowest BCUT2D eigenvalue weighted by atomic mass is 10.3. The molecule has 72 valence electrons. The van der Waals surface area contributed by atoms with Crippen molar-refractivity contribution in [3.05, 3.63) is 24.3 Å². The topological polar surface area (TPSA) is 21.3 Å². The minimum atomic E-state index is -4.81. The second-order valence-corrected chi connectivity index (χ2v) is 2.14.